The summed E-state index contributed by atoms with van der Waals surface area (Å²) in [5.41, 5.74) is 0.0268. The van der Waals surface area contributed by atoms with Gasteiger partial charge in [-0.15, -0.1) is 0 Å². The van der Waals surface area contributed by atoms with E-state index in [4.69, 9.17) is 5.11 Å². The first-order chi connectivity index (χ1) is 7.50. The van der Waals surface area contributed by atoms with Gasteiger partial charge in [-0.3, -0.25) is 4.79 Å². The minimum Gasteiger partial charge on any atom is -0.476 e. The molecule has 0 atom stereocenters. The van der Waals surface area contributed by atoms with Gasteiger partial charge in [-0.05, 0) is 6.42 Å². The van der Waals surface area contributed by atoms with E-state index in [1.165, 1.54) is 17.4 Å². The summed E-state index contributed by atoms with van der Waals surface area (Å²) in [6, 6.07) is 0. The molecule has 1 amide bonds. The Morgan fingerprint density at radius 2 is 2.19 bits per heavy atom. The topological polar surface area (TPSA) is 75.4 Å². The van der Waals surface area contributed by atoms with Crippen LogP contribution in [-0.2, 0) is 11.3 Å². The molecule has 0 radical (unpaired) electrons. The minimum atomic E-state index is -1.04. The minimum absolute atomic E-state index is 0.0268. The number of nitrogens with zero attached hydrogens (tertiary/aromatic N) is 3. The van der Waals surface area contributed by atoms with Crippen LogP contribution in [-0.4, -0.2) is 45.5 Å². The third-order valence-electron chi connectivity index (χ3n) is 2.16. The van der Waals surface area contributed by atoms with Crippen LogP contribution in [0.3, 0.4) is 0 Å². The van der Waals surface area contributed by atoms with E-state index >= 15 is 0 Å². The number of hydrogen-bond donors (Lipinski definition) is 1. The lowest BCUT2D eigenvalue weighted by Gasteiger charge is -2.09. The molecule has 0 unspecified atom stereocenters. The average molecular weight is 225 g/mol. The first-order valence-electron chi connectivity index (χ1n) is 4.96. The highest BCUT2D eigenvalue weighted by atomic mass is 16.4. The van der Waals surface area contributed by atoms with E-state index in [-0.39, 0.29) is 11.6 Å². The molecule has 6 nitrogen and oxygen atoms in total. The molecular formula is C10H15N3O3. The van der Waals surface area contributed by atoms with Gasteiger partial charge in [-0.25, -0.2) is 9.78 Å². The molecule has 16 heavy (non-hydrogen) atoms. The third kappa shape index (κ3) is 3.38. The maximum absolute atomic E-state index is 11.3. The molecule has 0 spiro atoms. The summed E-state index contributed by atoms with van der Waals surface area (Å²) in [5, 5.41) is 8.65. The fraction of sp³-hybridized carbons (Fsp3) is 0.500. The standard InChI is InChI=1S/C10H15N3O3/c1-12(2)9(14)4-3-5-13-6-8(10(15)16)11-7-13/h6-7H,3-5H2,1-2H3,(H,15,16). The second kappa shape index (κ2) is 5.29. The summed E-state index contributed by atoms with van der Waals surface area (Å²) in [4.78, 5) is 27.1. The Morgan fingerprint density at radius 3 is 2.69 bits per heavy atom. The normalized spacial score (nSPS) is 10.1. The molecule has 0 aliphatic rings. The summed E-state index contributed by atoms with van der Waals surface area (Å²) in [6.45, 7) is 0.597. The monoisotopic (exact) mass is 225 g/mol. The van der Waals surface area contributed by atoms with Crippen LogP contribution >= 0.6 is 0 Å². The van der Waals surface area contributed by atoms with Crippen LogP contribution in [0.2, 0.25) is 0 Å². The van der Waals surface area contributed by atoms with E-state index in [9.17, 15) is 9.59 Å². The lowest BCUT2D eigenvalue weighted by atomic mass is 10.3. The third-order valence-corrected chi connectivity index (χ3v) is 2.16. The molecule has 0 saturated heterocycles. The number of imidazole rings is 1. The zero-order valence-corrected chi connectivity index (χ0v) is 9.38. The molecule has 1 heterocycles. The molecule has 0 aromatic carbocycles. The Bertz CT molecular complexity index is 384. The molecule has 0 fully saturated rings. The zero-order valence-electron chi connectivity index (χ0n) is 9.38. The Kier molecular flexibility index (Phi) is 4.04. The summed E-state index contributed by atoms with van der Waals surface area (Å²) in [7, 11) is 3.42. The highest BCUT2D eigenvalue weighted by molar-refractivity contribution is 5.84. The van der Waals surface area contributed by atoms with E-state index in [1.54, 1.807) is 18.7 Å². The lowest BCUT2D eigenvalue weighted by Crippen LogP contribution is -2.21. The van der Waals surface area contributed by atoms with Gasteiger partial charge in [0.15, 0.2) is 5.69 Å². The lowest BCUT2D eigenvalue weighted by molar-refractivity contribution is -0.128. The average Bonchev–Trinajstić information content (AvgIpc) is 2.66. The summed E-state index contributed by atoms with van der Waals surface area (Å²) in [5.74, 6) is -0.971. The quantitative estimate of drug-likeness (QED) is 0.789. The van der Waals surface area contributed by atoms with E-state index in [0.29, 0.717) is 19.4 Å². The van der Waals surface area contributed by atoms with Crippen molar-refractivity contribution in [1.82, 2.24) is 14.5 Å². The van der Waals surface area contributed by atoms with Crippen molar-refractivity contribution in [2.24, 2.45) is 0 Å². The molecule has 0 aliphatic carbocycles. The molecule has 1 rings (SSSR count). The van der Waals surface area contributed by atoms with Crippen LogP contribution < -0.4 is 0 Å². The van der Waals surface area contributed by atoms with Crippen molar-refractivity contribution < 1.29 is 14.7 Å². The number of aromatic nitrogens is 2. The molecule has 0 aliphatic heterocycles. The number of carboxylic acid groups (broad SMARTS) is 1. The summed E-state index contributed by atoms with van der Waals surface area (Å²) in [6.07, 6.45) is 4.05. The van der Waals surface area contributed by atoms with E-state index < -0.39 is 5.97 Å². The predicted molar refractivity (Wildman–Crippen MR) is 57.1 cm³/mol. The Hall–Kier alpha value is -1.85. The fourth-order valence-corrected chi connectivity index (χ4v) is 1.23. The highest BCUT2D eigenvalue weighted by Gasteiger charge is 2.07. The second-order valence-corrected chi connectivity index (χ2v) is 3.69. The second-order valence-electron chi connectivity index (χ2n) is 3.69. The van der Waals surface area contributed by atoms with Crippen LogP contribution in [0.4, 0.5) is 0 Å². The SMILES string of the molecule is CN(C)C(=O)CCCn1cnc(C(=O)O)c1. The molecule has 1 aromatic heterocycles. The van der Waals surface area contributed by atoms with Gasteiger partial charge in [0.2, 0.25) is 5.91 Å². The highest BCUT2D eigenvalue weighted by Crippen LogP contribution is 2.01. The predicted octanol–water partition coefficient (Wildman–Crippen LogP) is 0.450. The van der Waals surface area contributed by atoms with Crippen LogP contribution in [0.15, 0.2) is 12.5 Å². The van der Waals surface area contributed by atoms with Gasteiger partial charge in [-0.1, -0.05) is 0 Å². The van der Waals surface area contributed by atoms with Crippen LogP contribution in [0.25, 0.3) is 0 Å². The maximum Gasteiger partial charge on any atom is 0.356 e. The van der Waals surface area contributed by atoms with Gasteiger partial charge < -0.3 is 14.6 Å². The number of aryl methyl sites for hydroxylation is 1. The van der Waals surface area contributed by atoms with Crippen molar-refractivity contribution in [1.29, 1.82) is 0 Å². The molecular weight excluding hydrogens is 210 g/mol. The Morgan fingerprint density at radius 1 is 1.50 bits per heavy atom. The zero-order chi connectivity index (χ0) is 12.1. The van der Waals surface area contributed by atoms with Crippen molar-refractivity contribution >= 4 is 11.9 Å². The fourth-order valence-electron chi connectivity index (χ4n) is 1.23. The van der Waals surface area contributed by atoms with Crippen molar-refractivity contribution in [3.63, 3.8) is 0 Å². The maximum atomic E-state index is 11.3. The molecule has 1 aromatic rings. The number of aromatic carboxylic acids is 1. The van der Waals surface area contributed by atoms with Crippen LogP contribution in [0.1, 0.15) is 23.3 Å². The first-order valence-corrected chi connectivity index (χ1v) is 4.96. The number of carboxylic acids is 1. The Labute approximate surface area is 93.5 Å². The number of amides is 1. The summed E-state index contributed by atoms with van der Waals surface area (Å²) < 4.78 is 1.67. The van der Waals surface area contributed by atoms with Crippen molar-refractivity contribution in [2.45, 2.75) is 19.4 Å². The van der Waals surface area contributed by atoms with Crippen LogP contribution in [0.5, 0.6) is 0 Å². The smallest absolute Gasteiger partial charge is 0.356 e. The summed E-state index contributed by atoms with van der Waals surface area (Å²) >= 11 is 0. The number of carbonyl (C=O) groups excluding carboxylic acids is 1. The largest absolute Gasteiger partial charge is 0.476 e. The van der Waals surface area contributed by atoms with E-state index in [0.717, 1.165) is 0 Å². The Balaban J connectivity index is 2.37. The van der Waals surface area contributed by atoms with Gasteiger partial charge in [0, 0.05) is 33.3 Å². The van der Waals surface area contributed by atoms with Gasteiger partial charge >= 0.3 is 5.97 Å². The van der Waals surface area contributed by atoms with Gasteiger partial charge in [0.1, 0.15) is 0 Å². The van der Waals surface area contributed by atoms with E-state index in [1.807, 2.05) is 0 Å². The molecule has 6 heteroatoms. The molecule has 88 valence electrons. The van der Waals surface area contributed by atoms with Crippen molar-refractivity contribution in [2.75, 3.05) is 14.1 Å². The molecule has 0 bridgehead atoms. The van der Waals surface area contributed by atoms with Gasteiger partial charge in [0.05, 0.1) is 6.33 Å². The van der Waals surface area contributed by atoms with Crippen molar-refractivity contribution in [3.05, 3.63) is 18.2 Å². The molecule has 1 N–H and O–H groups in total. The number of rotatable bonds is 5. The van der Waals surface area contributed by atoms with Crippen molar-refractivity contribution in [3.8, 4) is 0 Å². The number of hydrogen-bond acceptors (Lipinski definition) is 3. The molecule has 0 saturated carbocycles. The van der Waals surface area contributed by atoms with Crippen LogP contribution in [0, 0.1) is 0 Å². The first kappa shape index (κ1) is 12.2. The number of carbonyl (C=O) groups is 2. The van der Waals surface area contributed by atoms with Gasteiger partial charge in [0.25, 0.3) is 0 Å². The van der Waals surface area contributed by atoms with E-state index in [2.05, 4.69) is 4.98 Å². The van der Waals surface area contributed by atoms with Gasteiger partial charge in [-0.2, -0.15) is 0 Å².